The Morgan fingerprint density at radius 2 is 1.78 bits per heavy atom. The number of ether oxygens (including phenoxy) is 3. The van der Waals surface area contributed by atoms with E-state index in [0.29, 0.717) is 16.9 Å². The van der Waals surface area contributed by atoms with E-state index in [2.05, 4.69) is 5.32 Å². The predicted octanol–water partition coefficient (Wildman–Crippen LogP) is 3.32. The van der Waals surface area contributed by atoms with Crippen LogP contribution < -0.4 is 5.32 Å². The quantitative estimate of drug-likeness (QED) is 0.125. The van der Waals surface area contributed by atoms with E-state index >= 15 is 0 Å². The van der Waals surface area contributed by atoms with Gasteiger partial charge in [-0.2, -0.15) is 0 Å². The number of nitrogens with zero attached hydrogens (tertiary/aromatic N) is 2. The Morgan fingerprint density at radius 1 is 1.14 bits per heavy atom. The lowest BCUT2D eigenvalue weighted by molar-refractivity contribution is -0.384. The minimum Gasteiger partial charge on any atom is -0.456 e. The largest absolute Gasteiger partial charge is 0.456 e. The number of hydrogen-bond acceptors (Lipinski definition) is 9. The third-order valence-electron chi connectivity index (χ3n) is 5.80. The van der Waals surface area contributed by atoms with Crippen LogP contribution in [0.2, 0.25) is 0 Å². The van der Waals surface area contributed by atoms with Crippen molar-refractivity contribution < 1.29 is 33.5 Å². The summed E-state index contributed by atoms with van der Waals surface area (Å²) in [6.07, 6.45) is -0.936. The number of β-lactam (4-membered cyclic amide) rings is 1. The van der Waals surface area contributed by atoms with Gasteiger partial charge in [0.2, 0.25) is 0 Å². The molecular formula is C24H22ClN3O8S. The molecule has 2 amide bonds. The Balaban J connectivity index is 1.43. The zero-order valence-electron chi connectivity index (χ0n) is 19.5. The fourth-order valence-corrected chi connectivity index (χ4v) is 5.65. The number of nitrogens with one attached hydrogen (secondary N) is 1. The molecule has 0 aliphatic carbocycles. The number of nitro benzene ring substituents is 1. The number of methoxy groups -OCH3 is 1. The molecule has 2 aliphatic rings. The van der Waals surface area contributed by atoms with Crippen LogP contribution in [-0.2, 0) is 37.0 Å². The first-order valence-electron chi connectivity index (χ1n) is 11.0. The Kier molecular flexibility index (Phi) is 8.00. The number of alkyl carbamates (subject to hydrolysis) is 1. The Labute approximate surface area is 220 Å². The van der Waals surface area contributed by atoms with E-state index in [-0.39, 0.29) is 30.5 Å². The Bertz CT molecular complexity index is 1240. The monoisotopic (exact) mass is 547 g/mol. The SMILES string of the molecule is COC1(NC(=O)OCc2ccc([N+](=O)[O-])cc2)C(=O)N2C(C(=O)OCc3ccccc3)=C(CCl)CS[C@@H]21. The van der Waals surface area contributed by atoms with Crippen molar-refractivity contribution in [1.29, 1.82) is 0 Å². The number of amides is 2. The maximum atomic E-state index is 13.3. The first-order valence-corrected chi connectivity index (χ1v) is 12.6. The molecule has 2 atom stereocenters. The van der Waals surface area contributed by atoms with Crippen molar-refractivity contribution in [3.05, 3.63) is 87.1 Å². The number of nitro groups is 1. The molecule has 1 saturated heterocycles. The summed E-state index contributed by atoms with van der Waals surface area (Å²) in [5.41, 5.74) is -0.000121. The van der Waals surface area contributed by atoms with Crippen LogP contribution in [0.25, 0.3) is 0 Å². The lowest BCUT2D eigenvalue weighted by Gasteiger charge is -2.55. The number of rotatable bonds is 9. The van der Waals surface area contributed by atoms with E-state index in [0.717, 1.165) is 5.56 Å². The molecule has 2 aromatic rings. The van der Waals surface area contributed by atoms with E-state index in [1.54, 1.807) is 12.1 Å². The number of non-ortho nitro benzene ring substituents is 1. The molecular weight excluding hydrogens is 526 g/mol. The van der Waals surface area contributed by atoms with Crippen LogP contribution in [0, 0.1) is 10.1 Å². The minimum atomic E-state index is -1.76. The number of esters is 1. The summed E-state index contributed by atoms with van der Waals surface area (Å²) in [5, 5.41) is 12.5. The zero-order valence-corrected chi connectivity index (χ0v) is 21.1. The van der Waals surface area contributed by atoms with Gasteiger partial charge < -0.3 is 14.2 Å². The van der Waals surface area contributed by atoms with Crippen LogP contribution in [0.3, 0.4) is 0 Å². The second-order valence-corrected chi connectivity index (χ2v) is 9.39. The fraction of sp³-hybridized carbons (Fsp3) is 0.292. The van der Waals surface area contributed by atoms with Crippen molar-refractivity contribution in [1.82, 2.24) is 10.2 Å². The molecule has 2 aliphatic heterocycles. The highest BCUT2D eigenvalue weighted by Crippen LogP contribution is 2.47. The van der Waals surface area contributed by atoms with Crippen LogP contribution in [0.5, 0.6) is 0 Å². The topological polar surface area (TPSA) is 137 Å². The second-order valence-electron chi connectivity index (χ2n) is 8.05. The number of thioether (sulfide) groups is 1. The van der Waals surface area contributed by atoms with Crippen LogP contribution >= 0.6 is 23.4 Å². The van der Waals surface area contributed by atoms with Gasteiger partial charge in [-0.25, -0.2) is 9.59 Å². The summed E-state index contributed by atoms with van der Waals surface area (Å²) in [6, 6.07) is 14.6. The van der Waals surface area contributed by atoms with E-state index < -0.39 is 34.0 Å². The Hall–Kier alpha value is -3.61. The molecule has 0 bridgehead atoms. The summed E-state index contributed by atoms with van der Waals surface area (Å²) in [6.45, 7) is -0.173. The fourth-order valence-electron chi connectivity index (χ4n) is 3.88. The van der Waals surface area contributed by atoms with E-state index in [1.165, 1.54) is 48.0 Å². The minimum absolute atomic E-state index is 0.0151. The molecule has 13 heteroatoms. The van der Waals surface area contributed by atoms with Gasteiger partial charge >= 0.3 is 12.1 Å². The average molecular weight is 548 g/mol. The summed E-state index contributed by atoms with van der Waals surface area (Å²) in [7, 11) is 1.26. The highest BCUT2D eigenvalue weighted by Gasteiger charge is 2.67. The molecule has 37 heavy (non-hydrogen) atoms. The van der Waals surface area contributed by atoms with Gasteiger partial charge in [0.25, 0.3) is 17.3 Å². The van der Waals surface area contributed by atoms with Gasteiger partial charge in [-0.1, -0.05) is 30.3 Å². The van der Waals surface area contributed by atoms with Gasteiger partial charge in [-0.15, -0.1) is 23.4 Å². The molecule has 194 valence electrons. The summed E-state index contributed by atoms with van der Waals surface area (Å²) in [5.74, 6) is -1.04. The van der Waals surface area contributed by atoms with E-state index in [1.807, 2.05) is 18.2 Å². The summed E-state index contributed by atoms with van der Waals surface area (Å²) in [4.78, 5) is 50.3. The van der Waals surface area contributed by atoms with Gasteiger partial charge in [0.1, 0.15) is 24.3 Å². The van der Waals surface area contributed by atoms with E-state index in [4.69, 9.17) is 25.8 Å². The van der Waals surface area contributed by atoms with Crippen molar-refractivity contribution >= 4 is 47.0 Å². The van der Waals surface area contributed by atoms with Crippen molar-refractivity contribution in [2.24, 2.45) is 0 Å². The molecule has 1 N–H and O–H groups in total. The second kappa shape index (κ2) is 11.2. The van der Waals surface area contributed by atoms with Gasteiger partial charge in [-0.05, 0) is 28.8 Å². The van der Waals surface area contributed by atoms with Crippen LogP contribution in [0.1, 0.15) is 11.1 Å². The summed E-state index contributed by atoms with van der Waals surface area (Å²) >= 11 is 7.33. The highest BCUT2D eigenvalue weighted by molar-refractivity contribution is 8.00. The first-order chi connectivity index (χ1) is 17.8. The van der Waals surface area contributed by atoms with Crippen molar-refractivity contribution in [3.63, 3.8) is 0 Å². The maximum Gasteiger partial charge on any atom is 0.410 e. The number of alkyl halides is 1. The number of fused-ring (bicyclic) bond motifs is 1. The van der Waals surface area contributed by atoms with Crippen molar-refractivity contribution in [2.75, 3.05) is 18.7 Å². The molecule has 2 aromatic carbocycles. The molecule has 2 heterocycles. The predicted molar refractivity (Wildman–Crippen MR) is 133 cm³/mol. The van der Waals surface area contributed by atoms with Gasteiger partial charge in [-0.3, -0.25) is 25.1 Å². The Morgan fingerprint density at radius 3 is 2.41 bits per heavy atom. The molecule has 1 fully saturated rings. The number of halogens is 1. The molecule has 11 nitrogen and oxygen atoms in total. The summed E-state index contributed by atoms with van der Waals surface area (Å²) < 4.78 is 16.1. The number of carbonyl (C=O) groups excluding carboxylic acids is 3. The van der Waals surface area contributed by atoms with Crippen LogP contribution in [-0.4, -0.2) is 57.6 Å². The highest BCUT2D eigenvalue weighted by atomic mass is 35.5. The van der Waals surface area contributed by atoms with Crippen LogP contribution in [0.4, 0.5) is 10.5 Å². The van der Waals surface area contributed by atoms with Crippen molar-refractivity contribution in [3.8, 4) is 0 Å². The zero-order chi connectivity index (χ0) is 26.6. The third-order valence-corrected chi connectivity index (χ3v) is 7.50. The lowest BCUT2D eigenvalue weighted by Crippen LogP contribution is -2.80. The maximum absolute atomic E-state index is 13.3. The molecule has 0 aromatic heterocycles. The smallest absolute Gasteiger partial charge is 0.410 e. The van der Waals surface area contributed by atoms with Crippen molar-refractivity contribution in [2.45, 2.75) is 24.3 Å². The van der Waals surface area contributed by atoms with E-state index in [9.17, 15) is 24.5 Å². The van der Waals surface area contributed by atoms with Gasteiger partial charge in [0.15, 0.2) is 0 Å². The number of benzene rings is 2. The molecule has 1 unspecified atom stereocenters. The number of carbonyl (C=O) groups is 3. The normalized spacial score (nSPS) is 20.5. The van der Waals surface area contributed by atoms with Gasteiger partial charge in [0, 0.05) is 30.9 Å². The third kappa shape index (κ3) is 5.26. The van der Waals surface area contributed by atoms with Crippen LogP contribution in [0.15, 0.2) is 65.9 Å². The first kappa shape index (κ1) is 26.5. The standard InChI is InChI=1S/C24H22ClN3O8S/c1-34-24(26-23(31)36-13-16-7-9-18(10-8-16)28(32)33)21(30)27-19(17(11-25)14-37-22(24)27)20(29)35-12-15-5-3-2-4-6-15/h2-10,22H,11-14H2,1H3,(H,26,31)/t22-,24?/m1/s1. The average Bonchev–Trinajstić information content (AvgIpc) is 2.93. The number of hydrogen-bond donors (Lipinski definition) is 1. The molecule has 0 spiro atoms. The molecule has 0 radical (unpaired) electrons. The lowest BCUT2D eigenvalue weighted by atomic mass is 9.98. The van der Waals surface area contributed by atoms with Gasteiger partial charge in [0.05, 0.1) is 4.92 Å². The molecule has 0 saturated carbocycles. The molecule has 4 rings (SSSR count).